The van der Waals surface area contributed by atoms with Crippen LogP contribution < -0.4 is 10.6 Å². The quantitative estimate of drug-likeness (QED) is 0.877. The molecule has 0 saturated carbocycles. The van der Waals surface area contributed by atoms with Crippen LogP contribution >= 0.6 is 0 Å². The number of rotatable bonds is 2. The third-order valence-corrected chi connectivity index (χ3v) is 3.26. The van der Waals surface area contributed by atoms with Gasteiger partial charge in [-0.05, 0) is 36.2 Å². The molecule has 0 aliphatic carbocycles. The molecule has 102 valence electrons. The number of amides is 1. The van der Waals surface area contributed by atoms with Gasteiger partial charge in [0.2, 0.25) is 0 Å². The molecule has 0 aromatic heterocycles. The lowest BCUT2D eigenvalue weighted by Crippen LogP contribution is -2.40. The smallest absolute Gasteiger partial charge is 0.256 e. The van der Waals surface area contributed by atoms with E-state index in [1.54, 1.807) is 0 Å². The van der Waals surface area contributed by atoms with Crippen molar-refractivity contribution in [1.29, 1.82) is 0 Å². The standard InChI is InChI=1S/C16H17N3O/c1-10(2)17-16-18-14(15(20)19-16)13-8-7-11-5-3-4-6-12(11)9-13/h3-10,14H,1-2H3,(H2,17,18,19,20). The highest BCUT2D eigenvalue weighted by atomic mass is 16.2. The van der Waals surface area contributed by atoms with Crippen LogP contribution in [0, 0.1) is 0 Å². The summed E-state index contributed by atoms with van der Waals surface area (Å²) in [6, 6.07) is 13.9. The monoisotopic (exact) mass is 267 g/mol. The van der Waals surface area contributed by atoms with Crippen molar-refractivity contribution in [3.63, 3.8) is 0 Å². The lowest BCUT2D eigenvalue weighted by molar-refractivity contribution is -0.120. The maximum Gasteiger partial charge on any atom is 0.256 e. The molecule has 0 saturated heterocycles. The summed E-state index contributed by atoms with van der Waals surface area (Å²) in [5, 5.41) is 8.20. The fourth-order valence-corrected chi connectivity index (χ4v) is 2.36. The summed E-state index contributed by atoms with van der Waals surface area (Å²) >= 11 is 0. The number of nitrogens with zero attached hydrogens (tertiary/aromatic N) is 1. The number of guanidine groups is 1. The molecule has 4 nitrogen and oxygen atoms in total. The minimum absolute atomic E-state index is 0.0802. The SMILES string of the molecule is CC(C)NC1=NC(c2ccc3ccccc3c2)C(=O)N1. The Morgan fingerprint density at radius 2 is 1.90 bits per heavy atom. The molecule has 1 atom stereocenters. The Labute approximate surface area is 117 Å². The molecule has 2 aromatic carbocycles. The molecule has 1 aliphatic rings. The summed E-state index contributed by atoms with van der Waals surface area (Å²) in [7, 11) is 0. The van der Waals surface area contributed by atoms with Gasteiger partial charge in [-0.1, -0.05) is 36.4 Å². The van der Waals surface area contributed by atoms with Crippen molar-refractivity contribution in [3.05, 3.63) is 48.0 Å². The van der Waals surface area contributed by atoms with E-state index in [0.29, 0.717) is 5.96 Å². The average Bonchev–Trinajstić information content (AvgIpc) is 2.78. The van der Waals surface area contributed by atoms with Crippen molar-refractivity contribution in [2.75, 3.05) is 0 Å². The van der Waals surface area contributed by atoms with E-state index in [9.17, 15) is 4.79 Å². The number of carbonyl (C=O) groups excluding carboxylic acids is 1. The maximum absolute atomic E-state index is 12.0. The van der Waals surface area contributed by atoms with E-state index in [1.807, 2.05) is 50.2 Å². The van der Waals surface area contributed by atoms with Gasteiger partial charge in [0.15, 0.2) is 12.0 Å². The molecule has 2 aromatic rings. The zero-order valence-corrected chi connectivity index (χ0v) is 11.6. The van der Waals surface area contributed by atoms with Crippen LogP contribution in [-0.2, 0) is 4.79 Å². The topological polar surface area (TPSA) is 53.5 Å². The molecule has 4 heteroatoms. The first-order chi connectivity index (χ1) is 9.63. The Hall–Kier alpha value is -2.36. The van der Waals surface area contributed by atoms with E-state index in [-0.39, 0.29) is 11.9 Å². The predicted octanol–water partition coefficient (Wildman–Crippen LogP) is 2.36. The van der Waals surface area contributed by atoms with Gasteiger partial charge in [-0.2, -0.15) is 0 Å². The van der Waals surface area contributed by atoms with Crippen molar-refractivity contribution in [3.8, 4) is 0 Å². The molecular weight excluding hydrogens is 250 g/mol. The first kappa shape index (κ1) is 12.7. The Morgan fingerprint density at radius 1 is 1.15 bits per heavy atom. The molecule has 1 unspecified atom stereocenters. The molecule has 0 fully saturated rings. The minimum Gasteiger partial charge on any atom is -0.354 e. The summed E-state index contributed by atoms with van der Waals surface area (Å²) in [4.78, 5) is 16.5. The lowest BCUT2D eigenvalue weighted by Gasteiger charge is -2.07. The Balaban J connectivity index is 1.94. The van der Waals surface area contributed by atoms with Crippen LogP contribution in [0.15, 0.2) is 47.5 Å². The molecule has 1 aliphatic heterocycles. The summed E-state index contributed by atoms with van der Waals surface area (Å²) in [5.74, 6) is 0.478. The zero-order chi connectivity index (χ0) is 14.1. The molecule has 0 spiro atoms. The van der Waals surface area contributed by atoms with Crippen molar-refractivity contribution in [2.24, 2.45) is 4.99 Å². The van der Waals surface area contributed by atoms with Gasteiger partial charge < -0.3 is 5.32 Å². The predicted molar refractivity (Wildman–Crippen MR) is 80.5 cm³/mol. The molecule has 1 amide bonds. The van der Waals surface area contributed by atoms with E-state index in [1.165, 1.54) is 5.39 Å². The van der Waals surface area contributed by atoms with Crippen molar-refractivity contribution in [2.45, 2.75) is 25.9 Å². The number of fused-ring (bicyclic) bond motifs is 1. The van der Waals surface area contributed by atoms with Gasteiger partial charge in [0.25, 0.3) is 5.91 Å². The van der Waals surface area contributed by atoms with E-state index >= 15 is 0 Å². The van der Waals surface area contributed by atoms with Crippen LogP contribution in [0.1, 0.15) is 25.5 Å². The number of aliphatic imine (C=N–C) groups is 1. The largest absolute Gasteiger partial charge is 0.354 e. The summed E-state index contributed by atoms with van der Waals surface area (Å²) in [5.41, 5.74) is 0.918. The van der Waals surface area contributed by atoms with Crippen molar-refractivity contribution in [1.82, 2.24) is 10.6 Å². The molecule has 3 rings (SSSR count). The van der Waals surface area contributed by atoms with Crippen LogP contribution in [-0.4, -0.2) is 17.9 Å². The van der Waals surface area contributed by atoms with Crippen LogP contribution in [0.4, 0.5) is 0 Å². The maximum atomic E-state index is 12.0. The fourth-order valence-electron chi connectivity index (χ4n) is 2.36. The van der Waals surface area contributed by atoms with E-state index in [2.05, 4.69) is 21.7 Å². The number of carbonyl (C=O) groups is 1. The molecule has 1 heterocycles. The molecule has 2 N–H and O–H groups in total. The van der Waals surface area contributed by atoms with Crippen LogP contribution in [0.2, 0.25) is 0 Å². The fraction of sp³-hybridized carbons (Fsp3) is 0.250. The number of hydrogen-bond donors (Lipinski definition) is 2. The second-order valence-electron chi connectivity index (χ2n) is 5.28. The normalized spacial score (nSPS) is 18.2. The third kappa shape index (κ3) is 2.37. The van der Waals surface area contributed by atoms with Gasteiger partial charge in [-0.3, -0.25) is 10.1 Å². The second-order valence-corrected chi connectivity index (χ2v) is 5.28. The highest BCUT2D eigenvalue weighted by Crippen LogP contribution is 2.25. The summed E-state index contributed by atoms with van der Waals surface area (Å²) < 4.78 is 0. The summed E-state index contributed by atoms with van der Waals surface area (Å²) in [6.07, 6.45) is 0. The molecule has 0 bridgehead atoms. The van der Waals surface area contributed by atoms with Gasteiger partial charge >= 0.3 is 0 Å². The minimum atomic E-state index is -0.458. The van der Waals surface area contributed by atoms with Crippen molar-refractivity contribution >= 4 is 22.6 Å². The van der Waals surface area contributed by atoms with E-state index < -0.39 is 6.04 Å². The van der Waals surface area contributed by atoms with Crippen LogP contribution in [0.3, 0.4) is 0 Å². The number of nitrogens with one attached hydrogen (secondary N) is 2. The average molecular weight is 267 g/mol. The van der Waals surface area contributed by atoms with Gasteiger partial charge in [0.05, 0.1) is 0 Å². The first-order valence-electron chi connectivity index (χ1n) is 6.77. The van der Waals surface area contributed by atoms with Gasteiger partial charge in [0, 0.05) is 6.04 Å². The highest BCUT2D eigenvalue weighted by molar-refractivity contribution is 6.05. The molecule has 0 radical (unpaired) electrons. The Kier molecular flexibility index (Phi) is 3.14. The number of benzene rings is 2. The Bertz CT molecular complexity index is 691. The van der Waals surface area contributed by atoms with Crippen molar-refractivity contribution < 1.29 is 4.79 Å². The van der Waals surface area contributed by atoms with Gasteiger partial charge in [-0.15, -0.1) is 0 Å². The number of hydrogen-bond acceptors (Lipinski definition) is 3. The third-order valence-electron chi connectivity index (χ3n) is 3.26. The summed E-state index contributed by atoms with van der Waals surface area (Å²) in [6.45, 7) is 4.02. The Morgan fingerprint density at radius 3 is 2.65 bits per heavy atom. The zero-order valence-electron chi connectivity index (χ0n) is 11.6. The second kappa shape index (κ2) is 4.96. The van der Waals surface area contributed by atoms with Gasteiger partial charge in [-0.25, -0.2) is 4.99 Å². The first-order valence-corrected chi connectivity index (χ1v) is 6.77. The van der Waals surface area contributed by atoms with Crippen LogP contribution in [0.25, 0.3) is 10.8 Å². The molecule has 20 heavy (non-hydrogen) atoms. The lowest BCUT2D eigenvalue weighted by atomic mass is 10.0. The van der Waals surface area contributed by atoms with Crippen LogP contribution in [0.5, 0.6) is 0 Å². The highest BCUT2D eigenvalue weighted by Gasteiger charge is 2.28. The van der Waals surface area contributed by atoms with E-state index in [4.69, 9.17) is 0 Å². The van der Waals surface area contributed by atoms with Gasteiger partial charge in [0.1, 0.15) is 0 Å². The molecular formula is C16H17N3O. The van der Waals surface area contributed by atoms with E-state index in [0.717, 1.165) is 10.9 Å².